The van der Waals surface area contributed by atoms with E-state index in [-0.39, 0.29) is 23.1 Å². The largest absolute Gasteiger partial charge is 0.481 e. The maximum absolute atomic E-state index is 13.0. The molecule has 4 aromatic carbocycles. The van der Waals surface area contributed by atoms with Crippen LogP contribution in [0.15, 0.2) is 97.1 Å². The van der Waals surface area contributed by atoms with Gasteiger partial charge in [-0.05, 0) is 114 Å². The number of hydrogen-bond acceptors (Lipinski definition) is 6. The minimum atomic E-state index is -0.927. The summed E-state index contributed by atoms with van der Waals surface area (Å²) >= 11 is 0. The molecular weight excluding hydrogens is 705 g/mol. The molecule has 296 valence electrons. The number of ketones is 4. The fourth-order valence-electron chi connectivity index (χ4n) is 6.06. The smallest absolute Gasteiger partial charge is 0.309 e. The average Bonchev–Trinajstić information content (AvgIpc) is 3.10. The highest BCUT2D eigenvalue weighted by Gasteiger charge is 2.29. The first-order valence-electron chi connectivity index (χ1n) is 18.8. The SMILES string of the molecule is CC(=O)C(C)(C)Cc1cccc(C(=O)c2cccc(CC(C)(C)C(C)=O)c2)c1.CC(C)(Cc1cccc(C(=O)c2cccc(CC(C)(C)C(=O)O)c2)c1)C(=O)O. The molecular formula is C48H56O8. The molecule has 4 rings (SSSR count). The van der Waals surface area contributed by atoms with Crippen molar-refractivity contribution in [2.24, 2.45) is 21.7 Å². The van der Waals surface area contributed by atoms with E-state index in [0.29, 0.717) is 47.9 Å². The summed E-state index contributed by atoms with van der Waals surface area (Å²) in [5.41, 5.74) is 2.91. The number of carboxylic acids is 2. The van der Waals surface area contributed by atoms with Crippen LogP contribution >= 0.6 is 0 Å². The summed E-state index contributed by atoms with van der Waals surface area (Å²) in [4.78, 5) is 72.3. The van der Waals surface area contributed by atoms with Gasteiger partial charge in [0.05, 0.1) is 10.8 Å². The molecule has 4 aromatic rings. The molecule has 8 heteroatoms. The van der Waals surface area contributed by atoms with Gasteiger partial charge in [0.25, 0.3) is 0 Å². The Morgan fingerprint density at radius 1 is 0.393 bits per heavy atom. The third kappa shape index (κ3) is 12.3. The Hall–Kier alpha value is -5.50. The standard InChI is InChI=1S/C25H30O3.C23H26O5/c1-17(26)24(3,4)15-19-9-7-11-21(13-19)23(28)22-12-8-10-20(14-22)16-25(5,6)18(2)27;1-22(2,20(25)26)13-15-7-5-9-17(11-15)19(24)18-10-6-8-16(12-18)14-23(3,4)21(27)28/h7-14H,15-16H2,1-6H3;5-12H,13-14H2,1-4H3,(H,25,26)(H,27,28). The number of hydrogen-bond donors (Lipinski definition) is 2. The van der Waals surface area contributed by atoms with Crippen LogP contribution in [-0.4, -0.2) is 45.3 Å². The molecule has 2 N–H and O–H groups in total. The molecule has 8 nitrogen and oxygen atoms in total. The molecule has 0 aliphatic heterocycles. The number of Topliss-reactive ketones (excluding diaryl/α,β-unsaturated/α-hetero) is 2. The van der Waals surface area contributed by atoms with Crippen LogP contribution in [0.25, 0.3) is 0 Å². The van der Waals surface area contributed by atoms with Crippen molar-refractivity contribution in [3.05, 3.63) is 142 Å². The zero-order valence-electron chi connectivity index (χ0n) is 34.4. The second-order valence-corrected chi connectivity index (χ2v) is 17.4. The van der Waals surface area contributed by atoms with Gasteiger partial charge in [-0.1, -0.05) is 100 Å². The summed E-state index contributed by atoms with van der Waals surface area (Å²) in [6.45, 7) is 17.5. The summed E-state index contributed by atoms with van der Waals surface area (Å²) in [6, 6.07) is 29.0. The molecule has 56 heavy (non-hydrogen) atoms. The van der Waals surface area contributed by atoms with Crippen molar-refractivity contribution in [3.8, 4) is 0 Å². The summed E-state index contributed by atoms with van der Waals surface area (Å²) in [6.07, 6.45) is 1.82. The van der Waals surface area contributed by atoms with E-state index in [9.17, 15) is 39.0 Å². The zero-order chi connectivity index (χ0) is 42.2. The van der Waals surface area contributed by atoms with Crippen molar-refractivity contribution >= 4 is 35.1 Å². The summed E-state index contributed by atoms with van der Waals surface area (Å²) in [5, 5.41) is 18.6. The van der Waals surface area contributed by atoms with Crippen molar-refractivity contribution in [3.63, 3.8) is 0 Å². The maximum Gasteiger partial charge on any atom is 0.309 e. The first kappa shape index (κ1) is 44.9. The number of benzene rings is 4. The molecule has 0 atom stereocenters. The maximum atomic E-state index is 13.0. The Kier molecular flexibility index (Phi) is 14.4. The lowest BCUT2D eigenvalue weighted by atomic mass is 9.81. The molecule has 0 radical (unpaired) electrons. The lowest BCUT2D eigenvalue weighted by Crippen LogP contribution is -2.26. The quantitative estimate of drug-likeness (QED) is 0.108. The van der Waals surface area contributed by atoms with E-state index in [1.807, 2.05) is 76.2 Å². The molecule has 0 unspecified atom stereocenters. The highest BCUT2D eigenvalue weighted by atomic mass is 16.4. The van der Waals surface area contributed by atoms with E-state index in [2.05, 4.69) is 0 Å². The van der Waals surface area contributed by atoms with Gasteiger partial charge in [0.1, 0.15) is 11.6 Å². The van der Waals surface area contributed by atoms with Gasteiger partial charge in [0.15, 0.2) is 11.6 Å². The van der Waals surface area contributed by atoms with Gasteiger partial charge >= 0.3 is 11.9 Å². The Labute approximate surface area is 331 Å². The van der Waals surface area contributed by atoms with E-state index >= 15 is 0 Å². The predicted molar refractivity (Wildman–Crippen MR) is 219 cm³/mol. The first-order valence-corrected chi connectivity index (χ1v) is 18.8. The van der Waals surface area contributed by atoms with Gasteiger partial charge in [-0.25, -0.2) is 0 Å². The number of carbonyl (C=O) groups is 6. The van der Waals surface area contributed by atoms with Gasteiger partial charge in [0.2, 0.25) is 0 Å². The van der Waals surface area contributed by atoms with Crippen LogP contribution in [0.3, 0.4) is 0 Å². The van der Waals surface area contributed by atoms with Crippen LogP contribution in [0.2, 0.25) is 0 Å². The molecule has 0 amide bonds. The minimum absolute atomic E-state index is 0.0510. The molecule has 0 bridgehead atoms. The molecule has 0 heterocycles. The zero-order valence-corrected chi connectivity index (χ0v) is 34.4. The van der Waals surface area contributed by atoms with E-state index in [1.54, 1.807) is 90.1 Å². The Bertz CT molecular complexity index is 1820. The van der Waals surface area contributed by atoms with E-state index in [1.165, 1.54) is 0 Å². The van der Waals surface area contributed by atoms with Gasteiger partial charge < -0.3 is 10.2 Å². The minimum Gasteiger partial charge on any atom is -0.481 e. The second kappa shape index (κ2) is 18.0. The van der Waals surface area contributed by atoms with Crippen molar-refractivity contribution < 1.29 is 39.0 Å². The Morgan fingerprint density at radius 2 is 0.607 bits per heavy atom. The normalized spacial score (nSPS) is 11.9. The number of rotatable bonds is 16. The third-order valence-corrected chi connectivity index (χ3v) is 10.4. The highest BCUT2D eigenvalue weighted by Crippen LogP contribution is 2.28. The highest BCUT2D eigenvalue weighted by molar-refractivity contribution is 6.09. The lowest BCUT2D eigenvalue weighted by Gasteiger charge is -2.21. The van der Waals surface area contributed by atoms with Gasteiger partial charge in [-0.2, -0.15) is 0 Å². The van der Waals surface area contributed by atoms with Crippen LogP contribution < -0.4 is 0 Å². The lowest BCUT2D eigenvalue weighted by molar-refractivity contribution is -0.147. The van der Waals surface area contributed by atoms with Crippen molar-refractivity contribution in [1.29, 1.82) is 0 Å². The molecule has 0 fully saturated rings. The topological polar surface area (TPSA) is 143 Å². The van der Waals surface area contributed by atoms with Crippen LogP contribution in [0.4, 0.5) is 0 Å². The molecule has 0 aliphatic carbocycles. The fourth-order valence-corrected chi connectivity index (χ4v) is 6.06. The van der Waals surface area contributed by atoms with Crippen LogP contribution in [0, 0.1) is 21.7 Å². The molecule has 0 aromatic heterocycles. The van der Waals surface area contributed by atoms with Crippen molar-refractivity contribution in [2.45, 2.75) is 94.9 Å². The molecule has 0 saturated heterocycles. The van der Waals surface area contributed by atoms with Crippen LogP contribution in [0.1, 0.15) is 123 Å². The van der Waals surface area contributed by atoms with E-state index < -0.39 is 33.6 Å². The van der Waals surface area contributed by atoms with Gasteiger partial charge in [-0.3, -0.25) is 28.8 Å². The summed E-state index contributed by atoms with van der Waals surface area (Å²) in [7, 11) is 0. The Balaban J connectivity index is 0.000000300. The van der Waals surface area contributed by atoms with E-state index in [4.69, 9.17) is 0 Å². The van der Waals surface area contributed by atoms with Crippen molar-refractivity contribution in [1.82, 2.24) is 0 Å². The Morgan fingerprint density at radius 3 is 0.804 bits per heavy atom. The average molecular weight is 761 g/mol. The predicted octanol–water partition coefficient (Wildman–Crippen LogP) is 9.46. The third-order valence-electron chi connectivity index (χ3n) is 10.4. The number of carboxylic acid groups (broad SMARTS) is 2. The number of carbonyl (C=O) groups excluding carboxylic acids is 4. The second-order valence-electron chi connectivity index (χ2n) is 17.4. The fraction of sp³-hybridized carbons (Fsp3) is 0.375. The van der Waals surface area contributed by atoms with Gasteiger partial charge in [-0.15, -0.1) is 0 Å². The van der Waals surface area contributed by atoms with Crippen molar-refractivity contribution in [2.75, 3.05) is 0 Å². The first-order chi connectivity index (χ1) is 25.8. The summed E-state index contributed by atoms with van der Waals surface area (Å²) < 4.78 is 0. The van der Waals surface area contributed by atoms with Crippen LogP contribution in [0.5, 0.6) is 0 Å². The summed E-state index contributed by atoms with van der Waals surface area (Å²) in [5.74, 6) is -1.75. The number of aliphatic carboxylic acids is 2. The van der Waals surface area contributed by atoms with E-state index in [0.717, 1.165) is 22.3 Å². The monoisotopic (exact) mass is 760 g/mol. The van der Waals surface area contributed by atoms with Gasteiger partial charge in [0, 0.05) is 33.1 Å². The van der Waals surface area contributed by atoms with Crippen LogP contribution in [-0.2, 0) is 44.9 Å². The molecule has 0 spiro atoms. The molecule has 0 saturated carbocycles. The molecule has 0 aliphatic rings.